The number of aromatic amines is 1. The average molecular weight is 376 g/mol. The van der Waals surface area contributed by atoms with E-state index >= 15 is 0 Å². The molecule has 0 saturated carbocycles. The zero-order valence-corrected chi connectivity index (χ0v) is 12.6. The van der Waals surface area contributed by atoms with Gasteiger partial charge in [0.05, 0.1) is 16.6 Å². The first kappa shape index (κ1) is 14.4. The molecule has 0 fully saturated rings. The number of aromatic nitrogens is 2. The van der Waals surface area contributed by atoms with Crippen molar-refractivity contribution in [3.63, 3.8) is 0 Å². The molecule has 21 heavy (non-hydrogen) atoms. The van der Waals surface area contributed by atoms with E-state index in [1.165, 1.54) is 6.07 Å². The van der Waals surface area contributed by atoms with E-state index in [4.69, 9.17) is 11.6 Å². The minimum Gasteiger partial charge on any atom is -0.338 e. The highest BCUT2D eigenvalue weighted by Crippen LogP contribution is 2.35. The summed E-state index contributed by atoms with van der Waals surface area (Å²) in [6.07, 6.45) is -4.40. The lowest BCUT2D eigenvalue weighted by atomic mass is 10.1. The highest BCUT2D eigenvalue weighted by Gasteiger charge is 2.31. The molecule has 2 aromatic carbocycles. The molecule has 0 bridgehead atoms. The number of hydrogen-bond acceptors (Lipinski definition) is 1. The van der Waals surface area contributed by atoms with Gasteiger partial charge in [-0.2, -0.15) is 13.2 Å². The number of alkyl halides is 3. The first-order valence-corrected chi connectivity index (χ1v) is 7.04. The number of benzene rings is 2. The fourth-order valence-electron chi connectivity index (χ4n) is 1.99. The topological polar surface area (TPSA) is 28.7 Å². The number of nitrogens with zero attached hydrogens (tertiary/aromatic N) is 1. The largest absolute Gasteiger partial charge is 0.416 e. The van der Waals surface area contributed by atoms with Crippen molar-refractivity contribution in [2.24, 2.45) is 0 Å². The normalized spacial score (nSPS) is 12.0. The number of nitrogens with one attached hydrogen (secondary N) is 1. The lowest BCUT2D eigenvalue weighted by Crippen LogP contribution is -2.05. The standard InChI is InChI=1S/C14H7BrClF3N2/c15-10-3-1-7(14(17,18)19)5-9(10)13-20-11-4-2-8(16)6-12(11)21-13/h1-6H,(H,20,21). The van der Waals surface area contributed by atoms with E-state index in [9.17, 15) is 13.2 Å². The molecule has 0 radical (unpaired) electrons. The number of fused-ring (bicyclic) bond motifs is 1. The Labute approximate surface area is 131 Å². The summed E-state index contributed by atoms with van der Waals surface area (Å²) in [7, 11) is 0. The van der Waals surface area contributed by atoms with Gasteiger partial charge in [0.2, 0.25) is 0 Å². The Morgan fingerprint density at radius 2 is 1.86 bits per heavy atom. The number of halogens is 5. The molecule has 0 saturated heterocycles. The van der Waals surface area contributed by atoms with E-state index in [0.29, 0.717) is 31.9 Å². The smallest absolute Gasteiger partial charge is 0.338 e. The first-order chi connectivity index (χ1) is 9.84. The third-order valence-corrected chi connectivity index (χ3v) is 3.92. The van der Waals surface area contributed by atoms with Gasteiger partial charge in [0.15, 0.2) is 0 Å². The van der Waals surface area contributed by atoms with Gasteiger partial charge in [0.1, 0.15) is 5.82 Å². The maximum Gasteiger partial charge on any atom is 0.416 e. The minimum absolute atomic E-state index is 0.345. The van der Waals surface area contributed by atoms with E-state index in [2.05, 4.69) is 25.9 Å². The van der Waals surface area contributed by atoms with Crippen LogP contribution in [-0.2, 0) is 6.18 Å². The third kappa shape index (κ3) is 2.78. The molecule has 3 aromatic rings. The SMILES string of the molecule is FC(F)(F)c1ccc(Br)c(-c2nc3ccc(Cl)cc3[nH]2)c1. The fourth-order valence-corrected chi connectivity index (χ4v) is 2.60. The van der Waals surface area contributed by atoms with Crippen LogP contribution in [0.2, 0.25) is 5.02 Å². The number of imidazole rings is 1. The van der Waals surface area contributed by atoms with Gasteiger partial charge in [-0.15, -0.1) is 0 Å². The van der Waals surface area contributed by atoms with Crippen LogP contribution in [0.15, 0.2) is 40.9 Å². The quantitative estimate of drug-likeness (QED) is 0.584. The summed E-state index contributed by atoms with van der Waals surface area (Å²) in [5, 5.41) is 0.529. The third-order valence-electron chi connectivity index (χ3n) is 2.99. The molecular formula is C14H7BrClF3N2. The molecule has 1 heterocycles. The van der Waals surface area contributed by atoms with Crippen molar-refractivity contribution < 1.29 is 13.2 Å². The minimum atomic E-state index is -4.40. The number of H-pyrrole nitrogens is 1. The maximum atomic E-state index is 12.8. The summed E-state index contributed by atoms with van der Waals surface area (Å²) in [5.41, 5.74) is 0.928. The molecule has 0 aliphatic rings. The first-order valence-electron chi connectivity index (χ1n) is 5.87. The molecule has 108 valence electrons. The van der Waals surface area contributed by atoms with Gasteiger partial charge < -0.3 is 4.98 Å². The summed E-state index contributed by atoms with van der Waals surface area (Å²) >= 11 is 9.14. The van der Waals surface area contributed by atoms with Crippen molar-refractivity contribution >= 4 is 38.6 Å². The average Bonchev–Trinajstić information content (AvgIpc) is 2.80. The zero-order valence-electron chi connectivity index (χ0n) is 10.3. The predicted molar refractivity (Wildman–Crippen MR) is 79.2 cm³/mol. The Bertz CT molecular complexity index is 827. The summed E-state index contributed by atoms with van der Waals surface area (Å²) in [6.45, 7) is 0. The molecule has 0 aliphatic heterocycles. The van der Waals surface area contributed by atoms with Crippen LogP contribution in [0, 0.1) is 0 Å². The molecule has 0 spiro atoms. The Balaban J connectivity index is 2.17. The van der Waals surface area contributed by atoms with E-state index in [0.717, 1.165) is 12.1 Å². The van der Waals surface area contributed by atoms with Gasteiger partial charge in [0.25, 0.3) is 0 Å². The second-order valence-corrected chi connectivity index (χ2v) is 5.73. The van der Waals surface area contributed by atoms with E-state index in [-0.39, 0.29) is 0 Å². The Morgan fingerprint density at radius 3 is 2.57 bits per heavy atom. The molecule has 0 amide bonds. The summed E-state index contributed by atoms with van der Waals surface area (Å²) in [4.78, 5) is 7.28. The maximum absolute atomic E-state index is 12.8. The van der Waals surface area contributed by atoms with Crippen molar-refractivity contribution in [3.05, 3.63) is 51.5 Å². The predicted octanol–water partition coefficient (Wildman–Crippen LogP) is 5.66. The van der Waals surface area contributed by atoms with Crippen LogP contribution in [0.4, 0.5) is 13.2 Å². The van der Waals surface area contributed by atoms with Gasteiger partial charge in [0, 0.05) is 15.1 Å². The lowest BCUT2D eigenvalue weighted by molar-refractivity contribution is -0.137. The summed E-state index contributed by atoms with van der Waals surface area (Å²) in [5.74, 6) is 0.352. The van der Waals surface area contributed by atoms with Gasteiger partial charge in [-0.05, 0) is 36.4 Å². The fraction of sp³-hybridized carbons (Fsp3) is 0.0714. The van der Waals surface area contributed by atoms with Gasteiger partial charge >= 0.3 is 6.18 Å². The highest BCUT2D eigenvalue weighted by atomic mass is 79.9. The molecule has 0 unspecified atom stereocenters. The van der Waals surface area contributed by atoms with Crippen molar-refractivity contribution in [2.75, 3.05) is 0 Å². The van der Waals surface area contributed by atoms with E-state index in [1.807, 2.05) is 0 Å². The Kier molecular flexibility index (Phi) is 3.45. The summed E-state index contributed by atoms with van der Waals surface area (Å²) in [6, 6.07) is 8.50. The van der Waals surface area contributed by atoms with Crippen molar-refractivity contribution in [1.29, 1.82) is 0 Å². The molecule has 7 heteroatoms. The van der Waals surface area contributed by atoms with Crippen LogP contribution in [0.1, 0.15) is 5.56 Å². The molecule has 2 nitrogen and oxygen atoms in total. The van der Waals surface area contributed by atoms with Gasteiger partial charge in [-0.25, -0.2) is 4.98 Å². The van der Waals surface area contributed by atoms with Crippen LogP contribution in [0.5, 0.6) is 0 Å². The van der Waals surface area contributed by atoms with Crippen LogP contribution < -0.4 is 0 Å². The Morgan fingerprint density at radius 1 is 1.10 bits per heavy atom. The van der Waals surface area contributed by atoms with Crippen LogP contribution >= 0.6 is 27.5 Å². The van der Waals surface area contributed by atoms with Crippen molar-refractivity contribution in [1.82, 2.24) is 9.97 Å². The zero-order chi connectivity index (χ0) is 15.2. The van der Waals surface area contributed by atoms with E-state index in [1.54, 1.807) is 18.2 Å². The van der Waals surface area contributed by atoms with E-state index < -0.39 is 11.7 Å². The van der Waals surface area contributed by atoms with Crippen LogP contribution in [-0.4, -0.2) is 9.97 Å². The van der Waals surface area contributed by atoms with Crippen LogP contribution in [0.25, 0.3) is 22.4 Å². The van der Waals surface area contributed by atoms with Gasteiger partial charge in [-0.1, -0.05) is 27.5 Å². The summed E-state index contributed by atoms with van der Waals surface area (Å²) < 4.78 is 39.0. The molecule has 1 N–H and O–H groups in total. The Hall–Kier alpha value is -1.53. The highest BCUT2D eigenvalue weighted by molar-refractivity contribution is 9.10. The molecule has 0 atom stereocenters. The molecule has 1 aromatic heterocycles. The van der Waals surface area contributed by atoms with Gasteiger partial charge in [-0.3, -0.25) is 0 Å². The van der Waals surface area contributed by atoms with Crippen molar-refractivity contribution in [3.8, 4) is 11.4 Å². The number of hydrogen-bond donors (Lipinski definition) is 1. The molecule has 0 aliphatic carbocycles. The van der Waals surface area contributed by atoms with Crippen molar-refractivity contribution in [2.45, 2.75) is 6.18 Å². The molecule has 3 rings (SSSR count). The second-order valence-electron chi connectivity index (χ2n) is 4.44. The number of rotatable bonds is 1. The lowest BCUT2D eigenvalue weighted by Gasteiger charge is -2.09. The monoisotopic (exact) mass is 374 g/mol. The van der Waals surface area contributed by atoms with Crippen LogP contribution in [0.3, 0.4) is 0 Å². The molecular weight excluding hydrogens is 369 g/mol. The second kappa shape index (κ2) is 5.03.